The second-order valence-electron chi connectivity index (χ2n) is 11.3. The molecule has 2 aromatic rings. The summed E-state index contributed by atoms with van der Waals surface area (Å²) in [4.78, 5) is 58.7. The zero-order chi connectivity index (χ0) is 32.3. The molecule has 10 heteroatoms. The Bertz CT molecular complexity index is 1790. The number of aromatic nitrogens is 2. The lowest BCUT2D eigenvalue weighted by atomic mass is 10.00. The summed E-state index contributed by atoms with van der Waals surface area (Å²) in [5, 5.41) is 23.2. The van der Waals surface area contributed by atoms with Gasteiger partial charge in [-0.15, -0.1) is 0 Å². The number of carboxylic acids is 2. The number of H-pyrrole nitrogens is 2. The Hall–Kier alpha value is -4.73. The topological polar surface area (TPSA) is 165 Å². The number of carbonyl (C=O) groups is 4. The van der Waals surface area contributed by atoms with E-state index in [1.54, 1.807) is 0 Å². The number of aromatic amines is 2. The highest BCUT2D eigenvalue weighted by molar-refractivity contribution is 6.30. The molecule has 5 N–H and O–H groups in total. The zero-order valence-corrected chi connectivity index (χ0v) is 26.1. The van der Waals surface area contributed by atoms with Crippen molar-refractivity contribution in [2.75, 3.05) is 0 Å². The number of carboxylic acid groups (broad SMARTS) is 2. The Morgan fingerprint density at radius 1 is 0.886 bits per heavy atom. The van der Waals surface area contributed by atoms with Crippen LogP contribution >= 0.6 is 0 Å². The van der Waals surface area contributed by atoms with Crippen LogP contribution in [0.15, 0.2) is 33.5 Å². The molecule has 0 aromatic carbocycles. The number of nitrogens with zero attached hydrogens (tertiary/aromatic N) is 1. The Balaban J connectivity index is 1.90. The van der Waals surface area contributed by atoms with Crippen LogP contribution < -0.4 is 16.0 Å². The molecule has 1 unspecified atom stereocenters. The maximum atomic E-state index is 12.4. The van der Waals surface area contributed by atoms with E-state index in [1.165, 1.54) is 0 Å². The van der Waals surface area contributed by atoms with Crippen molar-refractivity contribution in [1.29, 1.82) is 0 Å². The van der Waals surface area contributed by atoms with Gasteiger partial charge in [-0.05, 0) is 112 Å². The summed E-state index contributed by atoms with van der Waals surface area (Å²) in [6.07, 6.45) is 9.37. The lowest BCUT2D eigenvalue weighted by Gasteiger charge is -2.03. The van der Waals surface area contributed by atoms with Crippen LogP contribution in [-0.4, -0.2) is 49.6 Å². The largest absolute Gasteiger partial charge is 0.481 e. The first-order chi connectivity index (χ1) is 20.9. The number of rotatable bonds is 11. The van der Waals surface area contributed by atoms with E-state index < -0.39 is 11.9 Å². The van der Waals surface area contributed by atoms with E-state index in [4.69, 9.17) is 0 Å². The zero-order valence-electron chi connectivity index (χ0n) is 26.1. The Morgan fingerprint density at radius 2 is 1.59 bits per heavy atom. The number of hydrogen-bond acceptors (Lipinski definition) is 4. The van der Waals surface area contributed by atoms with Crippen molar-refractivity contribution in [1.82, 2.24) is 15.3 Å². The summed E-state index contributed by atoms with van der Waals surface area (Å²) in [7, 11) is 0. The number of carbonyl (C=O) groups excluding carboxylic acids is 2. The lowest BCUT2D eigenvalue weighted by molar-refractivity contribution is -0.138. The third-order valence-corrected chi connectivity index (χ3v) is 8.58. The molecule has 4 rings (SSSR count). The van der Waals surface area contributed by atoms with Gasteiger partial charge in [-0.25, -0.2) is 4.99 Å². The van der Waals surface area contributed by atoms with Crippen LogP contribution in [0.3, 0.4) is 0 Å². The first-order valence-corrected chi connectivity index (χ1v) is 14.9. The smallest absolute Gasteiger partial charge is 0.303 e. The number of hydrogen-bond donors (Lipinski definition) is 5. The summed E-state index contributed by atoms with van der Waals surface area (Å²) in [6.45, 7) is 11.4. The molecule has 0 saturated carbocycles. The predicted octanol–water partition coefficient (Wildman–Crippen LogP) is 3.75. The second-order valence-corrected chi connectivity index (χ2v) is 11.3. The van der Waals surface area contributed by atoms with E-state index in [1.807, 2.05) is 65.8 Å². The van der Waals surface area contributed by atoms with E-state index in [9.17, 15) is 29.4 Å². The standard InChI is InChI=1S/C34H40N4O6/c1-7-21-20(6)33(43)38-28(21)15-26-19(5)24(12-13-32(41)42)30(36-26)16-29-23(10-9-11-31(39)40)18(4)25(35-29)14-27-17(3)22(8-2)34(44)37-27/h7,14-16,20,35-36H,8-13H2,1-6H3,(H,38,43)(H,39,40)(H,41,42)/b21-7+,25-14+,28-15+,29-16-. The number of allylic oxidation sites excluding steroid dienone is 3. The first-order valence-electron chi connectivity index (χ1n) is 14.9. The van der Waals surface area contributed by atoms with Crippen molar-refractivity contribution in [3.63, 3.8) is 0 Å². The van der Waals surface area contributed by atoms with E-state index in [-0.39, 0.29) is 30.6 Å². The molecule has 1 atom stereocenters. The van der Waals surface area contributed by atoms with Gasteiger partial charge in [0.05, 0.1) is 11.6 Å². The molecule has 10 nitrogen and oxygen atoms in total. The molecule has 232 valence electrons. The van der Waals surface area contributed by atoms with Crippen LogP contribution in [0.25, 0.3) is 18.2 Å². The number of amides is 2. The normalized spacial score (nSPS) is 19.6. The van der Waals surface area contributed by atoms with Gasteiger partial charge in [0.15, 0.2) is 0 Å². The van der Waals surface area contributed by atoms with Crippen LogP contribution in [0.5, 0.6) is 0 Å². The molecule has 2 aliphatic rings. The van der Waals surface area contributed by atoms with Gasteiger partial charge in [0, 0.05) is 46.2 Å². The van der Waals surface area contributed by atoms with Gasteiger partial charge in [0.25, 0.3) is 5.91 Å². The summed E-state index contributed by atoms with van der Waals surface area (Å²) in [5.41, 5.74) is 8.78. The average molecular weight is 601 g/mol. The second kappa shape index (κ2) is 13.3. The fraction of sp³-hybridized carbons (Fsp3) is 0.382. The minimum Gasteiger partial charge on any atom is -0.481 e. The third kappa shape index (κ3) is 6.59. The first kappa shape index (κ1) is 32.2. The van der Waals surface area contributed by atoms with E-state index in [0.717, 1.165) is 55.5 Å². The molecule has 2 amide bonds. The molecule has 1 fully saturated rings. The fourth-order valence-corrected chi connectivity index (χ4v) is 5.96. The van der Waals surface area contributed by atoms with Crippen LogP contribution in [0, 0.1) is 19.8 Å². The van der Waals surface area contributed by atoms with E-state index in [2.05, 4.69) is 20.3 Å². The van der Waals surface area contributed by atoms with Crippen LogP contribution in [-0.2, 0) is 32.0 Å². The lowest BCUT2D eigenvalue weighted by Crippen LogP contribution is -2.16. The molecule has 44 heavy (non-hydrogen) atoms. The molecule has 0 spiro atoms. The highest BCUT2D eigenvalue weighted by Crippen LogP contribution is 2.29. The molecule has 0 bridgehead atoms. The Labute approximate surface area is 256 Å². The number of aliphatic imine (C=N–C) groups is 1. The molecule has 0 radical (unpaired) electrons. The maximum absolute atomic E-state index is 12.4. The monoisotopic (exact) mass is 600 g/mol. The van der Waals surface area contributed by atoms with Crippen molar-refractivity contribution in [2.45, 2.75) is 80.1 Å². The molecular weight excluding hydrogens is 560 g/mol. The van der Waals surface area contributed by atoms with Crippen molar-refractivity contribution >= 4 is 47.7 Å². The number of nitrogens with one attached hydrogen (secondary N) is 3. The highest BCUT2D eigenvalue weighted by atomic mass is 16.4. The quantitative estimate of drug-likeness (QED) is 0.264. The molecular formula is C34H40N4O6. The van der Waals surface area contributed by atoms with Gasteiger partial charge in [-0.1, -0.05) is 13.0 Å². The van der Waals surface area contributed by atoms with Crippen molar-refractivity contribution in [3.8, 4) is 0 Å². The summed E-state index contributed by atoms with van der Waals surface area (Å²) in [5.74, 6) is -2.35. The van der Waals surface area contributed by atoms with Crippen LogP contribution in [0.1, 0.15) is 87.0 Å². The maximum Gasteiger partial charge on any atom is 0.303 e. The average Bonchev–Trinajstić information content (AvgIpc) is 3.60. The fourth-order valence-electron chi connectivity index (χ4n) is 5.96. The van der Waals surface area contributed by atoms with Gasteiger partial charge < -0.3 is 25.5 Å². The predicted molar refractivity (Wildman–Crippen MR) is 169 cm³/mol. The van der Waals surface area contributed by atoms with E-state index in [0.29, 0.717) is 42.7 Å². The molecule has 0 aliphatic carbocycles. The number of aliphatic carboxylic acids is 2. The summed E-state index contributed by atoms with van der Waals surface area (Å²) in [6, 6.07) is 0. The summed E-state index contributed by atoms with van der Waals surface area (Å²) < 4.78 is 0. The molecule has 1 saturated heterocycles. The van der Waals surface area contributed by atoms with Crippen LogP contribution in [0.2, 0.25) is 0 Å². The van der Waals surface area contributed by atoms with Gasteiger partial charge in [0.1, 0.15) is 0 Å². The summed E-state index contributed by atoms with van der Waals surface area (Å²) >= 11 is 0. The minimum atomic E-state index is -0.909. The van der Waals surface area contributed by atoms with Gasteiger partial charge in [0.2, 0.25) is 5.91 Å². The molecule has 2 aliphatic heterocycles. The SMILES string of the molecule is C/C=C1/C(=C\c2[nH]c(/C=c3\[nH]/c(=C/C4=NC(=O)C(CC)=C4C)c(C)c3CCCC(=O)O)c(CCC(=O)O)c2C)NC(=O)C1C. The molecule has 2 aromatic heterocycles. The minimum absolute atomic E-state index is 0.0205. The Kier molecular flexibility index (Phi) is 9.71. The van der Waals surface area contributed by atoms with Gasteiger partial charge >= 0.3 is 11.9 Å². The van der Waals surface area contributed by atoms with Crippen LogP contribution in [0.4, 0.5) is 0 Å². The van der Waals surface area contributed by atoms with Crippen molar-refractivity contribution in [2.24, 2.45) is 10.9 Å². The highest BCUT2D eigenvalue weighted by Gasteiger charge is 2.29. The third-order valence-electron chi connectivity index (χ3n) is 8.58. The van der Waals surface area contributed by atoms with E-state index >= 15 is 0 Å². The van der Waals surface area contributed by atoms with Gasteiger partial charge in [-0.2, -0.15) is 0 Å². The molecule has 4 heterocycles. The van der Waals surface area contributed by atoms with Crippen molar-refractivity contribution < 1.29 is 29.4 Å². The van der Waals surface area contributed by atoms with Crippen molar-refractivity contribution in [3.05, 3.63) is 72.8 Å². The Morgan fingerprint density at radius 3 is 2.20 bits per heavy atom. The van der Waals surface area contributed by atoms with Gasteiger partial charge in [-0.3, -0.25) is 19.2 Å².